The molecular formula is C16H23F5. The predicted octanol–water partition coefficient (Wildman–Crippen LogP) is 6.53. The Morgan fingerprint density at radius 2 is 0.905 bits per heavy atom. The van der Waals surface area contributed by atoms with Crippen LogP contribution in [0.3, 0.4) is 0 Å². The van der Waals surface area contributed by atoms with Crippen LogP contribution < -0.4 is 0 Å². The Balaban J connectivity index is 0.000000384. The van der Waals surface area contributed by atoms with Gasteiger partial charge in [0.2, 0.25) is 5.82 Å². The first kappa shape index (κ1) is 19.9. The molecule has 0 fully saturated rings. The molecular weight excluding hydrogens is 287 g/mol. The lowest BCUT2D eigenvalue weighted by Gasteiger charge is -1.97. The van der Waals surface area contributed by atoms with Crippen LogP contribution in [-0.4, -0.2) is 0 Å². The van der Waals surface area contributed by atoms with Crippen molar-refractivity contribution in [1.82, 2.24) is 0 Å². The van der Waals surface area contributed by atoms with Crippen molar-refractivity contribution >= 4 is 0 Å². The Labute approximate surface area is 123 Å². The van der Waals surface area contributed by atoms with Crippen molar-refractivity contribution < 1.29 is 22.0 Å². The fourth-order valence-corrected chi connectivity index (χ4v) is 1.75. The fourth-order valence-electron chi connectivity index (χ4n) is 1.75. The summed E-state index contributed by atoms with van der Waals surface area (Å²) in [7, 11) is 0. The largest absolute Gasteiger partial charge is 0.204 e. The van der Waals surface area contributed by atoms with Crippen molar-refractivity contribution in [3.63, 3.8) is 0 Å². The van der Waals surface area contributed by atoms with E-state index in [1.165, 1.54) is 51.4 Å². The Morgan fingerprint density at radius 1 is 0.571 bits per heavy atom. The van der Waals surface area contributed by atoms with Gasteiger partial charge in [0.05, 0.1) is 0 Å². The molecule has 0 aliphatic heterocycles. The zero-order chi connectivity index (χ0) is 16.3. The summed E-state index contributed by atoms with van der Waals surface area (Å²) in [6, 6.07) is -0.0618. The van der Waals surface area contributed by atoms with Crippen molar-refractivity contribution in [1.29, 1.82) is 0 Å². The van der Waals surface area contributed by atoms with Crippen LogP contribution in [0.25, 0.3) is 0 Å². The van der Waals surface area contributed by atoms with E-state index in [0.29, 0.717) is 0 Å². The van der Waals surface area contributed by atoms with E-state index in [1.807, 2.05) is 0 Å². The summed E-state index contributed by atoms with van der Waals surface area (Å²) >= 11 is 0. The molecule has 0 nitrogen and oxygen atoms in total. The van der Waals surface area contributed by atoms with E-state index in [-0.39, 0.29) is 6.07 Å². The molecule has 0 atom stereocenters. The first-order valence-corrected chi connectivity index (χ1v) is 7.44. The lowest BCUT2D eigenvalue weighted by Crippen LogP contribution is -1.98. The van der Waals surface area contributed by atoms with E-state index in [0.717, 1.165) is 0 Å². The number of hydrogen-bond acceptors (Lipinski definition) is 0. The molecule has 0 spiro atoms. The summed E-state index contributed by atoms with van der Waals surface area (Å²) < 4.78 is 60.0. The summed E-state index contributed by atoms with van der Waals surface area (Å²) in [5.74, 6) is -9.65. The van der Waals surface area contributed by atoms with E-state index in [2.05, 4.69) is 13.8 Å². The maximum absolute atomic E-state index is 12.0. The quantitative estimate of drug-likeness (QED) is 0.232. The molecule has 21 heavy (non-hydrogen) atoms. The van der Waals surface area contributed by atoms with Gasteiger partial charge in [-0.25, -0.2) is 22.0 Å². The average molecular weight is 310 g/mol. The molecule has 122 valence electrons. The molecule has 0 radical (unpaired) electrons. The first-order chi connectivity index (χ1) is 9.95. The van der Waals surface area contributed by atoms with Gasteiger partial charge in [0.15, 0.2) is 23.3 Å². The Morgan fingerprint density at radius 3 is 1.24 bits per heavy atom. The van der Waals surface area contributed by atoms with E-state index in [4.69, 9.17) is 0 Å². The van der Waals surface area contributed by atoms with Crippen molar-refractivity contribution in [2.24, 2.45) is 0 Å². The lowest BCUT2D eigenvalue weighted by molar-refractivity contribution is 0.378. The molecule has 1 aromatic rings. The minimum atomic E-state index is -2.14. The summed E-state index contributed by atoms with van der Waals surface area (Å²) in [6.07, 6.45) is 11.5. The van der Waals surface area contributed by atoms with Gasteiger partial charge >= 0.3 is 0 Å². The van der Waals surface area contributed by atoms with Crippen LogP contribution in [-0.2, 0) is 0 Å². The highest BCUT2D eigenvalue weighted by molar-refractivity contribution is 5.12. The van der Waals surface area contributed by atoms with Crippen molar-refractivity contribution in [2.75, 3.05) is 0 Å². The third-order valence-corrected chi connectivity index (χ3v) is 3.02. The summed E-state index contributed by atoms with van der Waals surface area (Å²) in [5.41, 5.74) is 0. The van der Waals surface area contributed by atoms with Gasteiger partial charge < -0.3 is 0 Å². The third-order valence-electron chi connectivity index (χ3n) is 3.02. The molecule has 1 aromatic carbocycles. The second-order valence-electron chi connectivity index (χ2n) is 4.90. The van der Waals surface area contributed by atoms with Gasteiger partial charge in [0.1, 0.15) is 0 Å². The zero-order valence-electron chi connectivity index (χ0n) is 12.6. The third kappa shape index (κ3) is 8.02. The molecule has 0 heterocycles. The van der Waals surface area contributed by atoms with E-state index < -0.39 is 29.1 Å². The number of rotatable bonds is 7. The van der Waals surface area contributed by atoms with Crippen molar-refractivity contribution in [3.05, 3.63) is 35.2 Å². The van der Waals surface area contributed by atoms with E-state index >= 15 is 0 Å². The monoisotopic (exact) mass is 310 g/mol. The number of unbranched alkanes of at least 4 members (excludes halogenated alkanes) is 7. The topological polar surface area (TPSA) is 0 Å². The van der Waals surface area contributed by atoms with Gasteiger partial charge in [-0.15, -0.1) is 0 Å². The van der Waals surface area contributed by atoms with Gasteiger partial charge in [0.25, 0.3) is 0 Å². The van der Waals surface area contributed by atoms with Crippen LogP contribution in [0.1, 0.15) is 65.2 Å². The SMILES string of the molecule is CCCCCCCCCC.Fc1cc(F)c(F)c(F)c1F. The zero-order valence-corrected chi connectivity index (χ0v) is 12.6. The molecule has 0 saturated carbocycles. The maximum Gasteiger partial charge on any atom is 0.200 e. The molecule has 0 saturated heterocycles. The van der Waals surface area contributed by atoms with Crippen LogP contribution in [0.4, 0.5) is 22.0 Å². The summed E-state index contributed by atoms with van der Waals surface area (Å²) in [6.45, 7) is 4.54. The lowest BCUT2D eigenvalue weighted by atomic mass is 10.1. The summed E-state index contributed by atoms with van der Waals surface area (Å²) in [4.78, 5) is 0. The number of benzene rings is 1. The highest BCUT2D eigenvalue weighted by atomic mass is 19.2. The number of hydrogen-bond donors (Lipinski definition) is 0. The minimum absolute atomic E-state index is 0.0618. The normalized spacial score (nSPS) is 10.2. The number of halogens is 5. The highest BCUT2D eigenvalue weighted by Gasteiger charge is 2.18. The fraction of sp³-hybridized carbons (Fsp3) is 0.625. The molecule has 5 heteroatoms. The van der Waals surface area contributed by atoms with Gasteiger partial charge in [-0.05, 0) is 0 Å². The molecule has 0 bridgehead atoms. The Hall–Kier alpha value is -1.13. The molecule has 0 N–H and O–H groups in total. The molecule has 0 aromatic heterocycles. The Kier molecular flexibility index (Phi) is 10.9. The average Bonchev–Trinajstić information content (AvgIpc) is 2.47. The van der Waals surface area contributed by atoms with Gasteiger partial charge in [-0.1, -0.05) is 65.2 Å². The van der Waals surface area contributed by atoms with E-state index in [9.17, 15) is 22.0 Å². The van der Waals surface area contributed by atoms with Crippen LogP contribution in [0.2, 0.25) is 0 Å². The molecule has 0 aliphatic carbocycles. The van der Waals surface area contributed by atoms with Gasteiger partial charge in [-0.3, -0.25) is 0 Å². The molecule has 1 rings (SSSR count). The molecule has 0 aliphatic rings. The van der Waals surface area contributed by atoms with Crippen LogP contribution in [0, 0.1) is 29.1 Å². The van der Waals surface area contributed by atoms with Crippen LogP contribution in [0.5, 0.6) is 0 Å². The maximum atomic E-state index is 12.0. The minimum Gasteiger partial charge on any atom is -0.204 e. The van der Waals surface area contributed by atoms with Crippen molar-refractivity contribution in [2.45, 2.75) is 65.2 Å². The second kappa shape index (κ2) is 11.5. The van der Waals surface area contributed by atoms with Gasteiger partial charge in [0, 0.05) is 6.07 Å². The molecule has 0 unspecified atom stereocenters. The Bertz CT molecular complexity index is 370. The predicted molar refractivity (Wildman–Crippen MR) is 74.5 cm³/mol. The van der Waals surface area contributed by atoms with E-state index in [1.54, 1.807) is 0 Å². The highest BCUT2D eigenvalue weighted by Crippen LogP contribution is 2.16. The summed E-state index contributed by atoms with van der Waals surface area (Å²) in [5, 5.41) is 0. The second-order valence-corrected chi connectivity index (χ2v) is 4.90. The van der Waals surface area contributed by atoms with Crippen LogP contribution in [0.15, 0.2) is 6.07 Å². The van der Waals surface area contributed by atoms with Crippen molar-refractivity contribution in [3.8, 4) is 0 Å². The van der Waals surface area contributed by atoms with Crippen LogP contribution >= 0.6 is 0 Å². The first-order valence-electron chi connectivity index (χ1n) is 7.44. The molecule has 0 amide bonds. The van der Waals surface area contributed by atoms with Gasteiger partial charge in [-0.2, -0.15) is 0 Å². The standard InChI is InChI=1S/C10H22.C6HF5/c1-3-5-7-9-10-8-6-4-2;7-2-1-3(8)5(10)6(11)4(2)9/h3-10H2,1-2H3;1H. The smallest absolute Gasteiger partial charge is 0.200 e.